The number of hydrogen-bond donors (Lipinski definition) is 2. The van der Waals surface area contributed by atoms with Gasteiger partial charge in [0, 0.05) is 6.04 Å². The Kier molecular flexibility index (Phi) is 2.65. The molecule has 0 radical (unpaired) electrons. The third kappa shape index (κ3) is 1.48. The fourth-order valence-corrected chi connectivity index (χ4v) is 1.66. The van der Waals surface area contributed by atoms with Crippen LogP contribution >= 0.6 is 0 Å². The van der Waals surface area contributed by atoms with E-state index in [4.69, 9.17) is 16.5 Å². The van der Waals surface area contributed by atoms with Gasteiger partial charge in [0.1, 0.15) is 0 Å². The summed E-state index contributed by atoms with van der Waals surface area (Å²) in [5.74, 6) is 5.63. The molecule has 3 unspecified atom stereocenters. The molecule has 0 aromatic heterocycles. The SMILES string of the molecule is CC1CCCC(N)C1ON. The Bertz CT molecular complexity index is 97.8. The Morgan fingerprint density at radius 1 is 1.40 bits per heavy atom. The quantitative estimate of drug-likeness (QED) is 0.523. The van der Waals surface area contributed by atoms with Crippen molar-refractivity contribution in [3.8, 4) is 0 Å². The van der Waals surface area contributed by atoms with Crippen molar-refractivity contribution in [1.82, 2.24) is 0 Å². The van der Waals surface area contributed by atoms with Gasteiger partial charge in [-0.1, -0.05) is 13.3 Å². The van der Waals surface area contributed by atoms with Gasteiger partial charge in [0.2, 0.25) is 0 Å². The minimum atomic E-state index is 0.0775. The van der Waals surface area contributed by atoms with Crippen molar-refractivity contribution in [3.63, 3.8) is 0 Å². The van der Waals surface area contributed by atoms with Gasteiger partial charge in [-0.2, -0.15) is 0 Å². The number of hydrogen-bond acceptors (Lipinski definition) is 3. The average Bonchev–Trinajstić information content (AvgIpc) is 1.88. The molecule has 0 heterocycles. The second kappa shape index (κ2) is 3.32. The predicted molar refractivity (Wildman–Crippen MR) is 40.1 cm³/mol. The van der Waals surface area contributed by atoms with Gasteiger partial charge in [-0.15, -0.1) is 0 Å². The highest BCUT2D eigenvalue weighted by atomic mass is 16.6. The zero-order valence-electron chi connectivity index (χ0n) is 6.42. The van der Waals surface area contributed by atoms with Crippen molar-refractivity contribution in [3.05, 3.63) is 0 Å². The largest absolute Gasteiger partial charge is 0.325 e. The summed E-state index contributed by atoms with van der Waals surface area (Å²) in [5, 5.41) is 0. The van der Waals surface area contributed by atoms with Crippen molar-refractivity contribution in [2.24, 2.45) is 17.5 Å². The van der Waals surface area contributed by atoms with Crippen molar-refractivity contribution in [1.29, 1.82) is 0 Å². The van der Waals surface area contributed by atoms with Crippen LogP contribution in [-0.2, 0) is 4.84 Å². The standard InChI is InChI=1S/C7H16N2O/c1-5-3-2-4-6(8)7(5)10-9/h5-7H,2-4,8-9H2,1H3. The topological polar surface area (TPSA) is 61.3 Å². The minimum absolute atomic E-state index is 0.0775. The molecule has 10 heavy (non-hydrogen) atoms. The summed E-state index contributed by atoms with van der Waals surface area (Å²) in [6, 6.07) is 0.147. The lowest BCUT2D eigenvalue weighted by atomic mass is 9.85. The first-order chi connectivity index (χ1) is 4.75. The minimum Gasteiger partial charge on any atom is -0.325 e. The van der Waals surface area contributed by atoms with Crippen molar-refractivity contribution < 1.29 is 4.84 Å². The zero-order chi connectivity index (χ0) is 7.56. The maximum atomic E-state index is 5.77. The van der Waals surface area contributed by atoms with Crippen LogP contribution in [0, 0.1) is 5.92 Å². The normalized spacial score (nSPS) is 41.7. The maximum Gasteiger partial charge on any atom is 0.0963 e. The Morgan fingerprint density at radius 3 is 2.50 bits per heavy atom. The Hall–Kier alpha value is -0.120. The van der Waals surface area contributed by atoms with Crippen LogP contribution in [0.1, 0.15) is 26.2 Å². The van der Waals surface area contributed by atoms with Crippen molar-refractivity contribution >= 4 is 0 Å². The van der Waals surface area contributed by atoms with Crippen LogP contribution in [0.5, 0.6) is 0 Å². The zero-order valence-corrected chi connectivity index (χ0v) is 6.42. The van der Waals surface area contributed by atoms with Gasteiger partial charge in [-0.3, -0.25) is 4.84 Å². The molecule has 0 aromatic carbocycles. The molecule has 3 heteroatoms. The summed E-state index contributed by atoms with van der Waals surface area (Å²) in [7, 11) is 0. The monoisotopic (exact) mass is 144 g/mol. The molecule has 4 N–H and O–H groups in total. The molecule has 1 fully saturated rings. The lowest BCUT2D eigenvalue weighted by Crippen LogP contribution is -2.45. The molecule has 3 atom stereocenters. The molecule has 60 valence electrons. The smallest absolute Gasteiger partial charge is 0.0963 e. The van der Waals surface area contributed by atoms with Crippen LogP contribution in [0.2, 0.25) is 0 Å². The van der Waals surface area contributed by atoms with Crippen LogP contribution in [0.3, 0.4) is 0 Å². The first-order valence-corrected chi connectivity index (χ1v) is 3.87. The van der Waals surface area contributed by atoms with E-state index in [1.807, 2.05) is 0 Å². The van der Waals surface area contributed by atoms with E-state index in [1.54, 1.807) is 0 Å². The fourth-order valence-electron chi connectivity index (χ4n) is 1.66. The van der Waals surface area contributed by atoms with E-state index in [9.17, 15) is 0 Å². The fraction of sp³-hybridized carbons (Fsp3) is 1.00. The molecule has 1 aliphatic carbocycles. The van der Waals surface area contributed by atoms with Crippen LogP contribution in [0.15, 0.2) is 0 Å². The molecular formula is C7H16N2O. The van der Waals surface area contributed by atoms with E-state index in [0.29, 0.717) is 5.92 Å². The highest BCUT2D eigenvalue weighted by Crippen LogP contribution is 2.24. The second-order valence-electron chi connectivity index (χ2n) is 3.17. The van der Waals surface area contributed by atoms with E-state index in [0.717, 1.165) is 6.42 Å². The molecule has 3 nitrogen and oxygen atoms in total. The van der Waals surface area contributed by atoms with Crippen molar-refractivity contribution in [2.75, 3.05) is 0 Å². The van der Waals surface area contributed by atoms with Crippen LogP contribution in [0.4, 0.5) is 0 Å². The van der Waals surface area contributed by atoms with Gasteiger partial charge >= 0.3 is 0 Å². The molecule has 1 rings (SSSR count). The third-order valence-corrected chi connectivity index (χ3v) is 2.34. The van der Waals surface area contributed by atoms with Gasteiger partial charge in [-0.25, -0.2) is 5.90 Å². The molecule has 1 aliphatic rings. The average molecular weight is 144 g/mol. The number of rotatable bonds is 1. The lowest BCUT2D eigenvalue weighted by molar-refractivity contribution is -0.0192. The van der Waals surface area contributed by atoms with Crippen LogP contribution in [0.25, 0.3) is 0 Å². The maximum absolute atomic E-state index is 5.77. The Morgan fingerprint density at radius 2 is 2.10 bits per heavy atom. The molecule has 0 bridgehead atoms. The molecule has 0 amide bonds. The molecule has 0 aromatic rings. The van der Waals surface area contributed by atoms with Crippen molar-refractivity contribution in [2.45, 2.75) is 38.3 Å². The summed E-state index contributed by atoms with van der Waals surface area (Å²) >= 11 is 0. The van der Waals surface area contributed by atoms with Gasteiger partial charge in [0.15, 0.2) is 0 Å². The first kappa shape index (κ1) is 7.98. The summed E-state index contributed by atoms with van der Waals surface area (Å²) in [5.41, 5.74) is 5.77. The Balaban J connectivity index is 2.45. The van der Waals surface area contributed by atoms with E-state index in [-0.39, 0.29) is 12.1 Å². The summed E-state index contributed by atoms with van der Waals surface area (Å²) < 4.78 is 0. The van der Waals surface area contributed by atoms with Gasteiger partial charge in [0.25, 0.3) is 0 Å². The van der Waals surface area contributed by atoms with E-state index < -0.39 is 0 Å². The van der Waals surface area contributed by atoms with E-state index >= 15 is 0 Å². The number of nitrogens with two attached hydrogens (primary N) is 2. The highest BCUT2D eigenvalue weighted by Gasteiger charge is 2.28. The molecule has 0 saturated heterocycles. The summed E-state index contributed by atoms with van der Waals surface area (Å²) in [4.78, 5) is 4.79. The third-order valence-electron chi connectivity index (χ3n) is 2.34. The molecule has 1 saturated carbocycles. The summed E-state index contributed by atoms with van der Waals surface area (Å²) in [6.07, 6.45) is 3.53. The second-order valence-corrected chi connectivity index (χ2v) is 3.17. The van der Waals surface area contributed by atoms with E-state index in [2.05, 4.69) is 6.92 Å². The summed E-state index contributed by atoms with van der Waals surface area (Å²) in [6.45, 7) is 2.14. The van der Waals surface area contributed by atoms with Gasteiger partial charge < -0.3 is 5.73 Å². The molecule has 0 aliphatic heterocycles. The van der Waals surface area contributed by atoms with E-state index in [1.165, 1.54) is 12.8 Å². The van der Waals surface area contributed by atoms with Gasteiger partial charge in [0.05, 0.1) is 6.10 Å². The van der Waals surface area contributed by atoms with Crippen LogP contribution < -0.4 is 11.6 Å². The molecule has 0 spiro atoms. The van der Waals surface area contributed by atoms with Gasteiger partial charge in [-0.05, 0) is 18.8 Å². The van der Waals surface area contributed by atoms with Crippen LogP contribution in [-0.4, -0.2) is 12.1 Å². The highest BCUT2D eigenvalue weighted by molar-refractivity contribution is 4.82. The Labute approximate surface area is 61.7 Å². The first-order valence-electron chi connectivity index (χ1n) is 3.87. The predicted octanol–water partition coefficient (Wildman–Crippen LogP) is 0.393. The lowest BCUT2D eigenvalue weighted by Gasteiger charge is -2.31. The molecular weight excluding hydrogens is 128 g/mol.